The van der Waals surface area contributed by atoms with Gasteiger partial charge in [-0.2, -0.15) is 0 Å². The van der Waals surface area contributed by atoms with Gasteiger partial charge in [0.1, 0.15) is 0 Å². The minimum atomic E-state index is -0.638. The first-order valence-corrected chi connectivity index (χ1v) is 6.61. The highest BCUT2D eigenvalue weighted by Gasteiger charge is 2.19. The molecule has 0 radical (unpaired) electrons. The summed E-state index contributed by atoms with van der Waals surface area (Å²) in [5.74, 6) is -1.13. The molecule has 0 atom stereocenters. The largest absolute Gasteiger partial charge is 0.465 e. The van der Waals surface area contributed by atoms with Crippen molar-refractivity contribution >= 4 is 39.2 Å². The number of benzene rings is 1. The number of fused-ring (bicyclic) bond motifs is 1. The Morgan fingerprint density at radius 3 is 2.94 bits per heavy atom. The van der Waals surface area contributed by atoms with Crippen LogP contribution in [0.1, 0.15) is 10.4 Å². The number of hydrogen-bond donors (Lipinski definition) is 0. The third kappa shape index (κ3) is 1.70. The van der Waals surface area contributed by atoms with Crippen LogP contribution in [0.5, 0.6) is 0 Å². The minimum absolute atomic E-state index is 0.00208. The van der Waals surface area contributed by atoms with Gasteiger partial charge in [0.25, 0.3) is 0 Å². The zero-order chi connectivity index (χ0) is 11.7. The number of esters is 1. The Bertz CT molecular complexity index is 548. The lowest BCUT2D eigenvalue weighted by atomic mass is 10.1. The molecule has 0 N–H and O–H groups in total. The molecule has 0 aliphatic heterocycles. The smallest absolute Gasteiger partial charge is 0.340 e. The Morgan fingerprint density at radius 2 is 2.31 bits per heavy atom. The molecule has 2 rings (SSSR count). The first-order valence-electron chi connectivity index (χ1n) is 4.51. The van der Waals surface area contributed by atoms with E-state index in [1.54, 1.807) is 6.26 Å². The maximum Gasteiger partial charge on any atom is 0.340 e. The number of hydrogen-bond acceptors (Lipinski definition) is 4. The highest BCUT2D eigenvalue weighted by Crippen LogP contribution is 2.35. The van der Waals surface area contributed by atoms with E-state index in [2.05, 4.69) is 4.74 Å². The van der Waals surface area contributed by atoms with Gasteiger partial charge in [-0.1, -0.05) is 0 Å². The standard InChI is InChI=1S/C11H9FO2S2/c1-14-11(13)7-5-6-3-4-16-9(6)10(15-2)8(7)12/h3-5H,1-2H3. The van der Waals surface area contributed by atoms with Crippen molar-refractivity contribution in [1.82, 2.24) is 0 Å². The Hall–Kier alpha value is -1.07. The topological polar surface area (TPSA) is 26.3 Å². The van der Waals surface area contributed by atoms with E-state index < -0.39 is 11.8 Å². The fourth-order valence-corrected chi connectivity index (χ4v) is 3.30. The van der Waals surface area contributed by atoms with Crippen LogP contribution in [0.3, 0.4) is 0 Å². The third-order valence-corrected chi connectivity index (χ3v) is 4.12. The second kappa shape index (κ2) is 4.43. The molecule has 5 heteroatoms. The number of ether oxygens (including phenoxy) is 1. The van der Waals surface area contributed by atoms with E-state index in [1.165, 1.54) is 36.3 Å². The van der Waals surface area contributed by atoms with Gasteiger partial charge >= 0.3 is 5.97 Å². The number of thioether (sulfide) groups is 1. The fourth-order valence-electron chi connectivity index (χ4n) is 1.50. The van der Waals surface area contributed by atoms with Crippen LogP contribution in [0.4, 0.5) is 4.39 Å². The quantitative estimate of drug-likeness (QED) is 0.607. The van der Waals surface area contributed by atoms with Crippen molar-refractivity contribution in [2.45, 2.75) is 4.90 Å². The van der Waals surface area contributed by atoms with Gasteiger partial charge in [0.2, 0.25) is 0 Å². The maximum absolute atomic E-state index is 14.0. The van der Waals surface area contributed by atoms with E-state index >= 15 is 0 Å². The first kappa shape index (κ1) is 11.4. The van der Waals surface area contributed by atoms with Gasteiger partial charge in [0.05, 0.1) is 22.3 Å². The molecular formula is C11H9FO2S2. The van der Waals surface area contributed by atoms with Gasteiger partial charge in [0.15, 0.2) is 5.82 Å². The molecule has 0 aliphatic rings. The van der Waals surface area contributed by atoms with E-state index in [1.807, 2.05) is 11.4 Å². The van der Waals surface area contributed by atoms with Crippen LogP contribution in [0.2, 0.25) is 0 Å². The lowest BCUT2D eigenvalue weighted by molar-refractivity contribution is 0.0595. The van der Waals surface area contributed by atoms with E-state index in [0.717, 1.165) is 10.1 Å². The number of methoxy groups -OCH3 is 1. The van der Waals surface area contributed by atoms with Crippen molar-refractivity contribution in [3.63, 3.8) is 0 Å². The number of carbonyl (C=O) groups excluding carboxylic acids is 1. The van der Waals surface area contributed by atoms with Crippen molar-refractivity contribution in [2.75, 3.05) is 13.4 Å². The Kier molecular flexibility index (Phi) is 3.16. The molecule has 0 unspecified atom stereocenters. The zero-order valence-corrected chi connectivity index (χ0v) is 10.4. The molecule has 0 aliphatic carbocycles. The Balaban J connectivity index is 2.76. The molecule has 0 fully saturated rings. The van der Waals surface area contributed by atoms with Gasteiger partial charge in [0, 0.05) is 0 Å². The van der Waals surface area contributed by atoms with Crippen LogP contribution in [0.25, 0.3) is 10.1 Å². The normalized spacial score (nSPS) is 10.7. The summed E-state index contributed by atoms with van der Waals surface area (Å²) < 4.78 is 19.4. The summed E-state index contributed by atoms with van der Waals surface area (Å²) in [4.78, 5) is 11.9. The van der Waals surface area contributed by atoms with Crippen molar-refractivity contribution in [3.8, 4) is 0 Å². The van der Waals surface area contributed by atoms with Crippen molar-refractivity contribution in [2.24, 2.45) is 0 Å². The van der Waals surface area contributed by atoms with Crippen LogP contribution < -0.4 is 0 Å². The summed E-state index contributed by atoms with van der Waals surface area (Å²) in [6.45, 7) is 0. The molecule has 0 amide bonds. The summed E-state index contributed by atoms with van der Waals surface area (Å²) in [7, 11) is 1.25. The number of carbonyl (C=O) groups is 1. The first-order chi connectivity index (χ1) is 7.69. The third-order valence-electron chi connectivity index (χ3n) is 2.25. The van der Waals surface area contributed by atoms with Crippen molar-refractivity contribution in [1.29, 1.82) is 0 Å². The highest BCUT2D eigenvalue weighted by molar-refractivity contribution is 7.99. The van der Waals surface area contributed by atoms with Gasteiger partial charge in [-0.05, 0) is 29.2 Å². The van der Waals surface area contributed by atoms with Crippen LogP contribution in [0, 0.1) is 5.82 Å². The minimum Gasteiger partial charge on any atom is -0.465 e. The average molecular weight is 256 g/mol. The van der Waals surface area contributed by atoms with Gasteiger partial charge < -0.3 is 4.74 Å². The summed E-state index contributed by atoms with van der Waals surface area (Å²) >= 11 is 2.77. The van der Waals surface area contributed by atoms with E-state index in [4.69, 9.17) is 0 Å². The molecule has 1 aromatic carbocycles. The SMILES string of the molecule is COC(=O)c1cc2ccsc2c(SC)c1F. The number of rotatable bonds is 2. The number of thiophene rings is 1. The Labute approximate surface area is 100 Å². The van der Waals surface area contributed by atoms with Crippen molar-refractivity contribution < 1.29 is 13.9 Å². The van der Waals surface area contributed by atoms with Crippen LogP contribution >= 0.6 is 23.1 Å². The zero-order valence-electron chi connectivity index (χ0n) is 8.74. The number of halogens is 1. The van der Waals surface area contributed by atoms with Crippen molar-refractivity contribution in [3.05, 3.63) is 28.9 Å². The molecule has 0 saturated carbocycles. The molecule has 2 aromatic rings. The molecule has 2 nitrogen and oxygen atoms in total. The maximum atomic E-state index is 14.0. The summed E-state index contributed by atoms with van der Waals surface area (Å²) in [5.41, 5.74) is -0.00208. The molecule has 0 saturated heterocycles. The van der Waals surface area contributed by atoms with Crippen LogP contribution in [-0.2, 0) is 4.74 Å². The summed E-state index contributed by atoms with van der Waals surface area (Å²) in [6.07, 6.45) is 1.79. The second-order valence-corrected chi connectivity index (χ2v) is 4.83. The average Bonchev–Trinajstić information content (AvgIpc) is 2.75. The van der Waals surface area contributed by atoms with Crippen LogP contribution in [-0.4, -0.2) is 19.3 Å². The van der Waals surface area contributed by atoms with Gasteiger partial charge in [-0.15, -0.1) is 23.1 Å². The molecule has 0 bridgehead atoms. The van der Waals surface area contributed by atoms with E-state index in [9.17, 15) is 9.18 Å². The predicted octanol–water partition coefficient (Wildman–Crippen LogP) is 3.55. The van der Waals surface area contributed by atoms with Gasteiger partial charge in [-0.3, -0.25) is 0 Å². The monoisotopic (exact) mass is 256 g/mol. The molecule has 16 heavy (non-hydrogen) atoms. The molecular weight excluding hydrogens is 247 g/mol. The molecule has 84 valence electrons. The van der Waals surface area contributed by atoms with Crippen LogP contribution in [0.15, 0.2) is 22.4 Å². The lowest BCUT2D eigenvalue weighted by Gasteiger charge is -2.06. The molecule has 1 aromatic heterocycles. The van der Waals surface area contributed by atoms with E-state index in [0.29, 0.717) is 4.90 Å². The van der Waals surface area contributed by atoms with Gasteiger partial charge in [-0.25, -0.2) is 9.18 Å². The Morgan fingerprint density at radius 1 is 1.56 bits per heavy atom. The summed E-state index contributed by atoms with van der Waals surface area (Å²) in [5, 5.41) is 2.75. The second-order valence-electron chi connectivity index (χ2n) is 3.10. The van der Waals surface area contributed by atoms with E-state index in [-0.39, 0.29) is 5.56 Å². The lowest BCUT2D eigenvalue weighted by Crippen LogP contribution is -2.05. The molecule has 0 spiro atoms. The fraction of sp³-hybridized carbons (Fsp3) is 0.182. The summed E-state index contributed by atoms with van der Waals surface area (Å²) in [6, 6.07) is 3.40. The predicted molar refractivity (Wildman–Crippen MR) is 64.9 cm³/mol. The molecule has 1 heterocycles. The highest BCUT2D eigenvalue weighted by atomic mass is 32.2.